The monoisotopic (exact) mass is 224 g/mol. The lowest BCUT2D eigenvalue weighted by Crippen LogP contribution is -2.42. The van der Waals surface area contributed by atoms with Crippen LogP contribution in [0.5, 0.6) is 0 Å². The average molecular weight is 224 g/mol. The summed E-state index contributed by atoms with van der Waals surface area (Å²) in [6, 6.07) is 0.477. The maximum absolute atomic E-state index is 12.0. The first-order valence-electron chi connectivity index (χ1n) is 6.54. The minimum absolute atomic E-state index is 0.0729. The zero-order chi connectivity index (χ0) is 11.8. The van der Waals surface area contributed by atoms with E-state index in [1.165, 1.54) is 6.42 Å². The highest BCUT2D eigenvalue weighted by Crippen LogP contribution is 2.37. The second-order valence-corrected chi connectivity index (χ2v) is 6.31. The molecule has 2 aliphatic rings. The molecule has 2 rings (SSSR count). The third kappa shape index (κ3) is 2.57. The molecular weight excluding hydrogens is 200 g/mol. The summed E-state index contributed by atoms with van der Waals surface area (Å²) in [5, 5.41) is 3.19. The predicted octanol–water partition coefficient (Wildman–Crippen LogP) is 1.81. The van der Waals surface area contributed by atoms with E-state index in [2.05, 4.69) is 19.2 Å². The Morgan fingerprint density at radius 1 is 1.31 bits per heavy atom. The molecule has 0 radical (unpaired) electrons. The molecule has 0 saturated heterocycles. The van der Waals surface area contributed by atoms with Crippen LogP contribution < -0.4 is 11.1 Å². The lowest BCUT2D eigenvalue weighted by molar-refractivity contribution is -0.125. The number of hydrogen-bond donors (Lipinski definition) is 2. The van der Waals surface area contributed by atoms with Crippen LogP contribution in [-0.2, 0) is 4.79 Å². The van der Waals surface area contributed by atoms with Gasteiger partial charge in [-0.2, -0.15) is 0 Å². The molecule has 3 nitrogen and oxygen atoms in total. The van der Waals surface area contributed by atoms with Crippen molar-refractivity contribution in [3.63, 3.8) is 0 Å². The first-order valence-corrected chi connectivity index (χ1v) is 6.54. The molecular formula is C13H24N2O. The minimum Gasteiger partial charge on any atom is -0.353 e. The van der Waals surface area contributed by atoms with Crippen LogP contribution in [0.15, 0.2) is 0 Å². The van der Waals surface area contributed by atoms with Crippen LogP contribution in [0, 0.1) is 11.3 Å². The van der Waals surface area contributed by atoms with E-state index in [1.807, 2.05) is 0 Å². The SMILES string of the molecule is CC1(C)CCC(NC(=O)C2CCCC2N)C1. The molecule has 3 heteroatoms. The van der Waals surface area contributed by atoms with Gasteiger partial charge in [0.15, 0.2) is 0 Å². The molecule has 0 aromatic heterocycles. The third-order valence-corrected chi connectivity index (χ3v) is 4.22. The summed E-state index contributed by atoms with van der Waals surface area (Å²) in [6.07, 6.45) is 6.54. The number of amides is 1. The number of carbonyl (C=O) groups excluding carboxylic acids is 1. The van der Waals surface area contributed by atoms with Gasteiger partial charge in [-0.25, -0.2) is 0 Å². The Morgan fingerprint density at radius 3 is 2.56 bits per heavy atom. The van der Waals surface area contributed by atoms with Crippen molar-refractivity contribution in [3.05, 3.63) is 0 Å². The quantitative estimate of drug-likeness (QED) is 0.751. The summed E-state index contributed by atoms with van der Waals surface area (Å²) in [5.74, 6) is 0.274. The van der Waals surface area contributed by atoms with Gasteiger partial charge in [0.1, 0.15) is 0 Å². The maximum atomic E-state index is 12.0. The fourth-order valence-electron chi connectivity index (χ4n) is 3.18. The highest BCUT2D eigenvalue weighted by molar-refractivity contribution is 5.80. The number of nitrogens with two attached hydrogens (primary N) is 1. The summed E-state index contributed by atoms with van der Waals surface area (Å²) >= 11 is 0. The van der Waals surface area contributed by atoms with Crippen LogP contribution in [-0.4, -0.2) is 18.0 Å². The topological polar surface area (TPSA) is 55.1 Å². The van der Waals surface area contributed by atoms with E-state index in [4.69, 9.17) is 5.73 Å². The second-order valence-electron chi connectivity index (χ2n) is 6.31. The van der Waals surface area contributed by atoms with Crippen LogP contribution in [0.3, 0.4) is 0 Å². The van der Waals surface area contributed by atoms with Crippen LogP contribution in [0.25, 0.3) is 0 Å². The van der Waals surface area contributed by atoms with E-state index in [9.17, 15) is 4.79 Å². The molecule has 3 unspecified atom stereocenters. The van der Waals surface area contributed by atoms with Gasteiger partial charge in [-0.3, -0.25) is 4.79 Å². The Hall–Kier alpha value is -0.570. The molecule has 92 valence electrons. The van der Waals surface area contributed by atoms with E-state index in [0.29, 0.717) is 11.5 Å². The molecule has 3 atom stereocenters. The summed E-state index contributed by atoms with van der Waals surface area (Å²) in [7, 11) is 0. The molecule has 16 heavy (non-hydrogen) atoms. The van der Waals surface area contributed by atoms with Crippen molar-refractivity contribution in [2.75, 3.05) is 0 Å². The Kier molecular flexibility index (Phi) is 3.24. The molecule has 2 fully saturated rings. The summed E-state index contributed by atoms with van der Waals surface area (Å²) in [5.41, 5.74) is 6.35. The Balaban J connectivity index is 1.84. The van der Waals surface area contributed by atoms with Crippen LogP contribution in [0.2, 0.25) is 0 Å². The average Bonchev–Trinajstić information content (AvgIpc) is 2.72. The summed E-state index contributed by atoms with van der Waals surface area (Å²) in [6.45, 7) is 4.56. The molecule has 0 aliphatic heterocycles. The Labute approximate surface area is 98.2 Å². The van der Waals surface area contributed by atoms with Crippen LogP contribution in [0.1, 0.15) is 52.4 Å². The van der Waals surface area contributed by atoms with Gasteiger partial charge in [0.05, 0.1) is 5.92 Å². The Morgan fingerprint density at radius 2 is 2.06 bits per heavy atom. The maximum Gasteiger partial charge on any atom is 0.224 e. The van der Waals surface area contributed by atoms with Gasteiger partial charge in [0.25, 0.3) is 0 Å². The molecule has 0 heterocycles. The van der Waals surface area contributed by atoms with Gasteiger partial charge in [-0.1, -0.05) is 20.3 Å². The highest BCUT2D eigenvalue weighted by Gasteiger charge is 2.35. The third-order valence-electron chi connectivity index (χ3n) is 4.22. The van der Waals surface area contributed by atoms with Gasteiger partial charge in [0, 0.05) is 12.1 Å². The van der Waals surface area contributed by atoms with Gasteiger partial charge in [0.2, 0.25) is 5.91 Å². The lowest BCUT2D eigenvalue weighted by Gasteiger charge is -2.21. The van der Waals surface area contributed by atoms with Crippen molar-refractivity contribution < 1.29 is 4.79 Å². The van der Waals surface area contributed by atoms with Gasteiger partial charge in [-0.05, 0) is 37.5 Å². The van der Waals surface area contributed by atoms with Crippen molar-refractivity contribution in [2.24, 2.45) is 17.1 Å². The predicted molar refractivity (Wildman–Crippen MR) is 64.9 cm³/mol. The number of carbonyl (C=O) groups is 1. The van der Waals surface area contributed by atoms with Gasteiger partial charge in [-0.15, -0.1) is 0 Å². The van der Waals surface area contributed by atoms with E-state index in [1.54, 1.807) is 0 Å². The Bertz CT molecular complexity index is 275. The minimum atomic E-state index is 0.0729. The number of nitrogens with one attached hydrogen (secondary N) is 1. The highest BCUT2D eigenvalue weighted by atomic mass is 16.2. The summed E-state index contributed by atoms with van der Waals surface area (Å²) in [4.78, 5) is 12.0. The molecule has 0 aromatic rings. The van der Waals surface area contributed by atoms with Gasteiger partial charge >= 0.3 is 0 Å². The smallest absolute Gasteiger partial charge is 0.224 e. The standard InChI is InChI=1S/C13H24N2O/c1-13(2)7-6-9(8-13)15-12(16)10-4-3-5-11(10)14/h9-11H,3-8,14H2,1-2H3,(H,15,16). The van der Waals surface area contributed by atoms with Crippen molar-refractivity contribution in [3.8, 4) is 0 Å². The second kappa shape index (κ2) is 4.36. The fourth-order valence-corrected chi connectivity index (χ4v) is 3.18. The number of rotatable bonds is 2. The lowest BCUT2D eigenvalue weighted by atomic mass is 9.91. The first kappa shape index (κ1) is 11.9. The van der Waals surface area contributed by atoms with Crippen molar-refractivity contribution in [2.45, 2.75) is 64.5 Å². The van der Waals surface area contributed by atoms with Gasteiger partial charge < -0.3 is 11.1 Å². The van der Waals surface area contributed by atoms with Crippen LogP contribution >= 0.6 is 0 Å². The van der Waals surface area contributed by atoms with Crippen molar-refractivity contribution in [1.29, 1.82) is 0 Å². The molecule has 1 amide bonds. The fraction of sp³-hybridized carbons (Fsp3) is 0.923. The van der Waals surface area contributed by atoms with Crippen LogP contribution in [0.4, 0.5) is 0 Å². The summed E-state index contributed by atoms with van der Waals surface area (Å²) < 4.78 is 0. The zero-order valence-corrected chi connectivity index (χ0v) is 10.5. The molecule has 2 aliphatic carbocycles. The van der Waals surface area contributed by atoms with E-state index >= 15 is 0 Å². The van der Waals surface area contributed by atoms with E-state index in [-0.39, 0.29) is 17.9 Å². The largest absolute Gasteiger partial charge is 0.353 e. The first-order chi connectivity index (χ1) is 7.48. The molecule has 0 bridgehead atoms. The van der Waals surface area contributed by atoms with E-state index in [0.717, 1.165) is 32.1 Å². The number of hydrogen-bond acceptors (Lipinski definition) is 2. The van der Waals surface area contributed by atoms with E-state index < -0.39 is 0 Å². The zero-order valence-electron chi connectivity index (χ0n) is 10.5. The van der Waals surface area contributed by atoms with Crippen molar-refractivity contribution >= 4 is 5.91 Å². The molecule has 0 aromatic carbocycles. The normalized spacial score (nSPS) is 37.6. The molecule has 0 spiro atoms. The molecule has 2 saturated carbocycles. The van der Waals surface area contributed by atoms with Crippen molar-refractivity contribution in [1.82, 2.24) is 5.32 Å². The molecule has 3 N–H and O–H groups in total.